The van der Waals surface area contributed by atoms with E-state index < -0.39 is 0 Å². The van der Waals surface area contributed by atoms with Crippen LogP contribution in [0.15, 0.2) is 60.7 Å². The van der Waals surface area contributed by atoms with Gasteiger partial charge in [-0.15, -0.1) is 0 Å². The van der Waals surface area contributed by atoms with Gasteiger partial charge in [-0.1, -0.05) is 53.0 Å². The first-order chi connectivity index (χ1) is 17.4. The lowest BCUT2D eigenvalue weighted by Crippen LogP contribution is -2.38. The van der Waals surface area contributed by atoms with E-state index in [0.717, 1.165) is 37.1 Å². The predicted molar refractivity (Wildman–Crippen MR) is 146 cm³/mol. The molecule has 1 aliphatic heterocycles. The fourth-order valence-electron chi connectivity index (χ4n) is 4.47. The average Bonchev–Trinajstić information content (AvgIpc) is 2.89. The van der Waals surface area contributed by atoms with E-state index in [-0.39, 0.29) is 11.9 Å². The van der Waals surface area contributed by atoms with Gasteiger partial charge in [-0.3, -0.25) is 4.79 Å². The third kappa shape index (κ3) is 6.86. The molecular formula is C28H29Cl3N2O3. The summed E-state index contributed by atoms with van der Waals surface area (Å²) in [6.45, 7) is 2.23. The van der Waals surface area contributed by atoms with Crippen molar-refractivity contribution in [3.63, 3.8) is 0 Å². The summed E-state index contributed by atoms with van der Waals surface area (Å²) in [7, 11) is 1.58. The van der Waals surface area contributed by atoms with Gasteiger partial charge >= 0.3 is 0 Å². The smallest absolute Gasteiger partial charge is 0.251 e. The third-order valence-corrected chi connectivity index (χ3v) is 7.28. The first kappa shape index (κ1) is 26.6. The Hall–Kier alpha value is -2.44. The molecule has 4 rings (SSSR count). The molecule has 190 valence electrons. The fourth-order valence-corrected chi connectivity index (χ4v) is 5.10. The lowest BCUT2D eigenvalue weighted by Gasteiger charge is -2.32. The molecule has 0 aliphatic carbocycles. The SMILES string of the molecule is COc1ccc(C(=O)NC(c2ccc(Cl)cc2)C2CCNCC2)cc1OCCc1ccc(Cl)cc1Cl. The van der Waals surface area contributed by atoms with E-state index in [2.05, 4.69) is 10.6 Å². The minimum atomic E-state index is -0.165. The maximum atomic E-state index is 13.4. The van der Waals surface area contributed by atoms with E-state index in [9.17, 15) is 4.79 Å². The lowest BCUT2D eigenvalue weighted by atomic mass is 9.85. The topological polar surface area (TPSA) is 59.6 Å². The highest BCUT2D eigenvalue weighted by Crippen LogP contribution is 2.32. The van der Waals surface area contributed by atoms with Crippen molar-refractivity contribution in [1.29, 1.82) is 0 Å². The summed E-state index contributed by atoms with van der Waals surface area (Å²) in [5, 5.41) is 8.51. The summed E-state index contributed by atoms with van der Waals surface area (Å²) in [6.07, 6.45) is 2.56. The predicted octanol–water partition coefficient (Wildman–Crippen LogP) is 6.75. The van der Waals surface area contributed by atoms with Crippen molar-refractivity contribution in [2.75, 3.05) is 26.8 Å². The number of carbonyl (C=O) groups excluding carboxylic acids is 1. The normalized spacial score (nSPS) is 14.8. The summed E-state index contributed by atoms with van der Waals surface area (Å²) in [5.41, 5.74) is 2.48. The first-order valence-corrected chi connectivity index (χ1v) is 13.1. The Morgan fingerprint density at radius 1 is 0.972 bits per heavy atom. The zero-order valence-electron chi connectivity index (χ0n) is 20.0. The van der Waals surface area contributed by atoms with Gasteiger partial charge in [-0.2, -0.15) is 0 Å². The van der Waals surface area contributed by atoms with Crippen LogP contribution >= 0.6 is 34.8 Å². The molecule has 0 bridgehead atoms. The van der Waals surface area contributed by atoms with Gasteiger partial charge in [-0.05, 0) is 85.4 Å². The van der Waals surface area contributed by atoms with Gasteiger partial charge in [0.2, 0.25) is 0 Å². The van der Waals surface area contributed by atoms with E-state index in [4.69, 9.17) is 44.3 Å². The van der Waals surface area contributed by atoms with Crippen LogP contribution in [0.3, 0.4) is 0 Å². The molecule has 36 heavy (non-hydrogen) atoms. The van der Waals surface area contributed by atoms with E-state index in [1.165, 1.54) is 0 Å². The van der Waals surface area contributed by atoms with Crippen molar-refractivity contribution in [1.82, 2.24) is 10.6 Å². The number of carbonyl (C=O) groups is 1. The molecule has 1 fully saturated rings. The lowest BCUT2D eigenvalue weighted by molar-refractivity contribution is 0.0913. The fraction of sp³-hybridized carbons (Fsp3) is 0.321. The number of hydrogen-bond acceptors (Lipinski definition) is 4. The van der Waals surface area contributed by atoms with Gasteiger partial charge in [0.15, 0.2) is 11.5 Å². The maximum absolute atomic E-state index is 13.4. The maximum Gasteiger partial charge on any atom is 0.251 e. The Labute approximate surface area is 227 Å². The molecule has 8 heteroatoms. The highest BCUT2D eigenvalue weighted by Gasteiger charge is 2.27. The van der Waals surface area contributed by atoms with Crippen LogP contribution in [0, 0.1) is 5.92 Å². The van der Waals surface area contributed by atoms with Crippen molar-refractivity contribution in [3.8, 4) is 11.5 Å². The molecule has 0 saturated carbocycles. The molecule has 1 amide bonds. The minimum absolute atomic E-state index is 0.115. The van der Waals surface area contributed by atoms with Crippen molar-refractivity contribution >= 4 is 40.7 Å². The molecule has 5 nitrogen and oxygen atoms in total. The van der Waals surface area contributed by atoms with Crippen LogP contribution < -0.4 is 20.1 Å². The molecule has 1 unspecified atom stereocenters. The Morgan fingerprint density at radius 2 is 1.69 bits per heavy atom. The standard InChI is InChI=1S/C28H29Cl3N2O3/c1-35-25-9-5-21(16-26(25)36-15-12-18-2-8-23(30)17-24(18)31)28(34)33-27(20-10-13-32-14-11-20)19-3-6-22(29)7-4-19/h2-9,16-17,20,27,32H,10-15H2,1H3,(H,33,34). The van der Waals surface area contributed by atoms with E-state index in [0.29, 0.717) is 51.1 Å². The second-order valence-corrected chi connectivity index (χ2v) is 10.1. The number of benzene rings is 3. The highest BCUT2D eigenvalue weighted by molar-refractivity contribution is 6.35. The van der Waals surface area contributed by atoms with E-state index in [1.807, 2.05) is 30.3 Å². The van der Waals surface area contributed by atoms with Gasteiger partial charge < -0.3 is 20.1 Å². The molecule has 2 N–H and O–H groups in total. The van der Waals surface area contributed by atoms with Crippen LogP contribution in [0.5, 0.6) is 11.5 Å². The molecule has 0 radical (unpaired) electrons. The number of halogens is 3. The van der Waals surface area contributed by atoms with E-state index >= 15 is 0 Å². The highest BCUT2D eigenvalue weighted by atomic mass is 35.5. The average molecular weight is 548 g/mol. The van der Waals surface area contributed by atoms with Gasteiger partial charge in [0, 0.05) is 27.1 Å². The summed E-state index contributed by atoms with van der Waals surface area (Å²) < 4.78 is 11.5. The van der Waals surface area contributed by atoms with Crippen LogP contribution in [0.25, 0.3) is 0 Å². The molecule has 1 saturated heterocycles. The molecule has 3 aromatic carbocycles. The Morgan fingerprint density at radius 3 is 2.39 bits per heavy atom. The Balaban J connectivity index is 1.49. The third-order valence-electron chi connectivity index (χ3n) is 6.44. The number of amides is 1. The second kappa shape index (κ2) is 12.7. The van der Waals surface area contributed by atoms with Crippen molar-refractivity contribution < 1.29 is 14.3 Å². The number of ether oxygens (including phenoxy) is 2. The van der Waals surface area contributed by atoms with Crippen molar-refractivity contribution in [2.24, 2.45) is 5.92 Å². The zero-order chi connectivity index (χ0) is 25.5. The largest absolute Gasteiger partial charge is 0.493 e. The number of nitrogens with one attached hydrogen (secondary N) is 2. The van der Waals surface area contributed by atoms with Crippen LogP contribution in [-0.4, -0.2) is 32.7 Å². The van der Waals surface area contributed by atoms with Crippen LogP contribution in [-0.2, 0) is 6.42 Å². The number of rotatable bonds is 9. The monoisotopic (exact) mass is 546 g/mol. The Kier molecular flexibility index (Phi) is 9.38. The molecule has 1 aliphatic rings. The second-order valence-electron chi connectivity index (χ2n) is 8.79. The molecule has 0 spiro atoms. The quantitative estimate of drug-likeness (QED) is 0.311. The summed E-state index contributed by atoms with van der Waals surface area (Å²) in [4.78, 5) is 13.4. The number of methoxy groups -OCH3 is 1. The van der Waals surface area contributed by atoms with Crippen LogP contribution in [0.2, 0.25) is 15.1 Å². The summed E-state index contributed by atoms with van der Waals surface area (Å²) in [6, 6.07) is 18.2. The van der Waals surface area contributed by atoms with Crippen LogP contribution in [0.4, 0.5) is 0 Å². The van der Waals surface area contributed by atoms with E-state index in [1.54, 1.807) is 37.4 Å². The molecular weight excluding hydrogens is 519 g/mol. The van der Waals surface area contributed by atoms with Gasteiger partial charge in [0.25, 0.3) is 5.91 Å². The molecule has 1 heterocycles. The van der Waals surface area contributed by atoms with Crippen LogP contribution in [0.1, 0.15) is 40.4 Å². The van der Waals surface area contributed by atoms with Crippen molar-refractivity contribution in [2.45, 2.75) is 25.3 Å². The molecule has 1 atom stereocenters. The summed E-state index contributed by atoms with van der Waals surface area (Å²) in [5.74, 6) is 1.22. The zero-order valence-corrected chi connectivity index (χ0v) is 22.3. The number of hydrogen-bond donors (Lipinski definition) is 2. The first-order valence-electron chi connectivity index (χ1n) is 12.0. The number of piperidine rings is 1. The van der Waals surface area contributed by atoms with Crippen molar-refractivity contribution in [3.05, 3.63) is 92.4 Å². The molecule has 3 aromatic rings. The van der Waals surface area contributed by atoms with Gasteiger partial charge in [0.1, 0.15) is 0 Å². The summed E-state index contributed by atoms with van der Waals surface area (Å²) >= 11 is 18.4. The molecule has 0 aromatic heterocycles. The Bertz CT molecular complexity index is 1180. The van der Waals surface area contributed by atoms with Gasteiger partial charge in [0.05, 0.1) is 19.8 Å². The minimum Gasteiger partial charge on any atom is -0.493 e. The van der Waals surface area contributed by atoms with Gasteiger partial charge in [-0.25, -0.2) is 0 Å².